The number of hydrogen-bond acceptors (Lipinski definition) is 4. The molecule has 0 spiro atoms. The Bertz CT molecular complexity index is 731. The lowest BCUT2D eigenvalue weighted by molar-refractivity contribution is -0.141. The second kappa shape index (κ2) is 6.53. The van der Waals surface area contributed by atoms with Gasteiger partial charge in [-0.15, -0.1) is 0 Å². The summed E-state index contributed by atoms with van der Waals surface area (Å²) >= 11 is 0.828. The zero-order valence-corrected chi connectivity index (χ0v) is 17.2. The van der Waals surface area contributed by atoms with Crippen LogP contribution in [0.5, 0.6) is 0 Å². The van der Waals surface area contributed by atoms with Gasteiger partial charge >= 0.3 is 0 Å². The van der Waals surface area contributed by atoms with Gasteiger partial charge in [0.15, 0.2) is 16.7 Å². The van der Waals surface area contributed by atoms with Gasteiger partial charge in [-0.3, -0.25) is 14.4 Å². The number of ketones is 2. The first-order valence-electron chi connectivity index (χ1n) is 10.2. The van der Waals surface area contributed by atoms with Gasteiger partial charge in [-0.05, 0) is 74.2 Å². The third kappa shape index (κ3) is 2.63. The normalized spacial score (nSPS) is 46.4. The van der Waals surface area contributed by atoms with Crippen molar-refractivity contribution >= 4 is 28.4 Å². The predicted molar refractivity (Wildman–Crippen MR) is 104 cm³/mol. The molecule has 0 heterocycles. The molecule has 4 rings (SSSR count). The quantitative estimate of drug-likeness (QED) is 0.637. The van der Waals surface area contributed by atoms with Gasteiger partial charge in [-0.2, -0.15) is 0 Å². The van der Waals surface area contributed by atoms with Crippen LogP contribution in [0.3, 0.4) is 0 Å². The van der Waals surface area contributed by atoms with Crippen molar-refractivity contribution in [3.05, 3.63) is 11.6 Å². The minimum atomic E-state index is -0.649. The fourth-order valence-corrected chi connectivity index (χ4v) is 8.22. The number of carbonyl (C=O) groups is 3. The van der Waals surface area contributed by atoms with Crippen LogP contribution >= 0.6 is 11.8 Å². The Morgan fingerprint density at radius 3 is 2.70 bits per heavy atom. The van der Waals surface area contributed by atoms with Crippen molar-refractivity contribution in [1.82, 2.24) is 0 Å². The number of hydrogen-bond donors (Lipinski definition) is 0. The van der Waals surface area contributed by atoms with Gasteiger partial charge in [-0.25, -0.2) is 4.39 Å². The highest BCUT2D eigenvalue weighted by Gasteiger charge is 2.63. The van der Waals surface area contributed by atoms with Gasteiger partial charge in [0.2, 0.25) is 0 Å². The molecule has 0 amide bonds. The van der Waals surface area contributed by atoms with Crippen LogP contribution < -0.4 is 0 Å². The summed E-state index contributed by atoms with van der Waals surface area (Å²) in [5, 5.41) is 0.00963. The molecular weight excluding hydrogens is 363 g/mol. The van der Waals surface area contributed by atoms with Crippen LogP contribution in [0.4, 0.5) is 4.39 Å². The average molecular weight is 393 g/mol. The van der Waals surface area contributed by atoms with Gasteiger partial charge < -0.3 is 0 Å². The summed E-state index contributed by atoms with van der Waals surface area (Å²) in [4.78, 5) is 37.5. The van der Waals surface area contributed by atoms with Crippen LogP contribution in [-0.2, 0) is 14.4 Å². The Labute approximate surface area is 164 Å². The molecule has 1 unspecified atom stereocenters. The number of alkyl halides is 1. The Morgan fingerprint density at radius 1 is 1.26 bits per heavy atom. The van der Waals surface area contributed by atoms with Gasteiger partial charge in [0, 0.05) is 5.92 Å². The standard InChI is InChI=1S/C22H29FO3S/c1-12-8-17-15-5-4-13-9-14(24)10-18(25)22(13,3)16(15)6-7-21(17,2)19(12)20(26)27-11-23/h9,12,15-17,19H,4-8,10-11H2,1-3H3/t12-,15-,16+,17+,19?,21+,22+/m1/s1. The molecule has 0 aromatic rings. The first kappa shape index (κ1) is 19.4. The van der Waals surface area contributed by atoms with Crippen molar-refractivity contribution in [3.63, 3.8) is 0 Å². The van der Waals surface area contributed by atoms with E-state index in [9.17, 15) is 18.8 Å². The molecule has 0 aromatic carbocycles. The SMILES string of the molecule is C[C@@H]1C[C@H]2[C@@H]3CCC4=CC(=O)CC(=O)[C@]4(C)[C@H]3CC[C@]2(C)C1C(=O)SCF. The van der Waals surface area contributed by atoms with E-state index in [0.717, 1.165) is 49.4 Å². The van der Waals surface area contributed by atoms with E-state index in [1.807, 2.05) is 0 Å². The van der Waals surface area contributed by atoms with E-state index in [4.69, 9.17) is 0 Å². The molecule has 7 atom stereocenters. The Balaban J connectivity index is 1.68. The van der Waals surface area contributed by atoms with Crippen molar-refractivity contribution in [2.75, 3.05) is 6.01 Å². The molecule has 27 heavy (non-hydrogen) atoms. The highest BCUT2D eigenvalue weighted by atomic mass is 32.2. The van der Waals surface area contributed by atoms with Crippen molar-refractivity contribution in [2.45, 2.75) is 59.3 Å². The molecule has 148 valence electrons. The van der Waals surface area contributed by atoms with E-state index in [-0.39, 0.29) is 46.3 Å². The number of Topliss-reactive ketones (excluding diaryl/α,β-unsaturated/α-hetero) is 1. The number of rotatable bonds is 2. The van der Waals surface area contributed by atoms with Crippen LogP contribution in [0.15, 0.2) is 11.6 Å². The molecule has 4 aliphatic carbocycles. The summed E-state index contributed by atoms with van der Waals surface area (Å²) < 4.78 is 12.8. The van der Waals surface area contributed by atoms with Gasteiger partial charge in [0.25, 0.3) is 0 Å². The van der Waals surface area contributed by atoms with Crippen LogP contribution in [0.25, 0.3) is 0 Å². The summed E-state index contributed by atoms with van der Waals surface area (Å²) in [6, 6.07) is -0.649. The maximum Gasteiger partial charge on any atom is 0.195 e. The average Bonchev–Trinajstić information content (AvgIpc) is 2.87. The van der Waals surface area contributed by atoms with Gasteiger partial charge in [0.05, 0.1) is 11.8 Å². The molecule has 3 nitrogen and oxygen atoms in total. The predicted octanol–water partition coefficient (Wildman–Crippen LogP) is 4.75. The first-order chi connectivity index (χ1) is 12.7. The van der Waals surface area contributed by atoms with E-state index < -0.39 is 11.4 Å². The number of halogens is 1. The Morgan fingerprint density at radius 2 is 2.00 bits per heavy atom. The number of allylic oxidation sites excluding steroid dienone is 1. The Hall–Kier alpha value is -0.970. The Kier molecular flexibility index (Phi) is 4.68. The molecule has 0 N–H and O–H groups in total. The van der Waals surface area contributed by atoms with Crippen molar-refractivity contribution in [2.24, 2.45) is 40.4 Å². The van der Waals surface area contributed by atoms with Gasteiger partial charge in [-0.1, -0.05) is 31.2 Å². The zero-order chi connectivity index (χ0) is 19.6. The fourth-order valence-electron chi connectivity index (χ4n) is 7.43. The minimum absolute atomic E-state index is 0.00963. The molecule has 3 fully saturated rings. The molecule has 0 saturated heterocycles. The van der Waals surface area contributed by atoms with E-state index >= 15 is 0 Å². The van der Waals surface area contributed by atoms with E-state index in [0.29, 0.717) is 11.8 Å². The molecule has 0 aliphatic heterocycles. The number of carbonyl (C=O) groups excluding carboxylic acids is 3. The summed E-state index contributed by atoms with van der Waals surface area (Å²) in [6.45, 7) is 6.44. The maximum absolute atomic E-state index is 12.9. The number of fused-ring (bicyclic) bond motifs is 5. The second-order valence-electron chi connectivity index (χ2n) is 9.66. The van der Waals surface area contributed by atoms with Crippen LogP contribution in [0.1, 0.15) is 59.3 Å². The smallest absolute Gasteiger partial charge is 0.195 e. The first-order valence-corrected chi connectivity index (χ1v) is 11.2. The molecule has 3 saturated carbocycles. The molecule has 5 heteroatoms. The molecule has 4 aliphatic rings. The fraction of sp³-hybridized carbons (Fsp3) is 0.773. The molecule has 0 radical (unpaired) electrons. The molecule has 0 aromatic heterocycles. The van der Waals surface area contributed by atoms with Crippen molar-refractivity contribution in [1.29, 1.82) is 0 Å². The minimum Gasteiger partial charge on any atom is -0.298 e. The highest BCUT2D eigenvalue weighted by molar-refractivity contribution is 8.13. The van der Waals surface area contributed by atoms with E-state index in [1.165, 1.54) is 0 Å². The lowest BCUT2D eigenvalue weighted by Gasteiger charge is -2.57. The van der Waals surface area contributed by atoms with E-state index in [2.05, 4.69) is 20.8 Å². The van der Waals surface area contributed by atoms with E-state index in [1.54, 1.807) is 6.08 Å². The highest BCUT2D eigenvalue weighted by Crippen LogP contribution is 2.67. The third-order valence-corrected chi connectivity index (χ3v) is 9.28. The van der Waals surface area contributed by atoms with Gasteiger partial charge in [0.1, 0.15) is 6.01 Å². The number of thioether (sulfide) groups is 1. The van der Waals surface area contributed by atoms with Crippen LogP contribution in [0, 0.1) is 40.4 Å². The summed E-state index contributed by atoms with van der Waals surface area (Å²) in [5.41, 5.74) is 0.447. The second-order valence-corrected chi connectivity index (χ2v) is 10.6. The summed E-state index contributed by atoms with van der Waals surface area (Å²) in [6.07, 6.45) is 6.41. The maximum atomic E-state index is 12.9. The third-order valence-electron chi connectivity index (χ3n) is 8.64. The largest absolute Gasteiger partial charge is 0.298 e. The van der Waals surface area contributed by atoms with Crippen LogP contribution in [0.2, 0.25) is 0 Å². The molecule has 0 bridgehead atoms. The zero-order valence-electron chi connectivity index (χ0n) is 16.4. The lowest BCUT2D eigenvalue weighted by atomic mass is 9.46. The van der Waals surface area contributed by atoms with Crippen molar-refractivity contribution in [3.8, 4) is 0 Å². The summed E-state index contributed by atoms with van der Waals surface area (Å²) in [7, 11) is 0. The molecular formula is C22H29FO3S. The van der Waals surface area contributed by atoms with Crippen LogP contribution in [-0.4, -0.2) is 22.7 Å². The summed E-state index contributed by atoms with van der Waals surface area (Å²) in [5.74, 6) is 1.31. The topological polar surface area (TPSA) is 51.2 Å². The lowest BCUT2D eigenvalue weighted by Crippen LogP contribution is -2.54. The monoisotopic (exact) mass is 392 g/mol. The van der Waals surface area contributed by atoms with Crippen molar-refractivity contribution < 1.29 is 18.8 Å².